The largest absolute Gasteiger partial charge is 0.582 e. The van der Waals surface area contributed by atoms with E-state index < -0.39 is 20.5 Å². The van der Waals surface area contributed by atoms with E-state index in [9.17, 15) is 13.2 Å². The van der Waals surface area contributed by atoms with Crippen molar-refractivity contribution in [3.05, 3.63) is 34.8 Å². The summed E-state index contributed by atoms with van der Waals surface area (Å²) in [6.07, 6.45) is 2.61. The maximum Gasteiger partial charge on any atom is 0.582 e. The summed E-state index contributed by atoms with van der Waals surface area (Å²) in [5.41, 5.74) is 0.944. The van der Waals surface area contributed by atoms with Crippen LogP contribution >= 0.6 is 0 Å². The lowest BCUT2D eigenvalue weighted by molar-refractivity contribution is -0.118. The molecule has 1 aromatic rings. The predicted molar refractivity (Wildman–Crippen MR) is 74.3 cm³/mol. The first-order valence-corrected chi connectivity index (χ1v) is 8.13. The maximum atomic E-state index is 12.8. The van der Waals surface area contributed by atoms with Gasteiger partial charge < -0.3 is 0 Å². The fourth-order valence-electron chi connectivity index (χ4n) is 2.75. The lowest BCUT2D eigenvalue weighted by Gasteiger charge is -2.28. The van der Waals surface area contributed by atoms with Crippen molar-refractivity contribution in [2.75, 3.05) is 0 Å². The Bertz CT molecular complexity index is 651. The number of hydrogen-bond donors (Lipinski definition) is 0. The zero-order valence-corrected chi connectivity index (χ0v) is 12.2. The average Bonchev–Trinajstić information content (AvgIpc) is 2.47. The minimum absolute atomic E-state index is 0.113. The SMILES string of the molecule is Cc1ccc(S(=O)(=O)C2(C(=O)[N+]#N)CCCCC2)cc1. The molecule has 0 unspecified atom stereocenters. The van der Waals surface area contributed by atoms with Crippen LogP contribution in [-0.2, 0) is 14.6 Å². The van der Waals surface area contributed by atoms with Crippen molar-refractivity contribution in [2.45, 2.75) is 48.7 Å². The molecule has 0 aliphatic heterocycles. The van der Waals surface area contributed by atoms with Crippen molar-refractivity contribution in [3.8, 4) is 0 Å². The van der Waals surface area contributed by atoms with Crippen LogP contribution in [0.5, 0.6) is 0 Å². The third kappa shape index (κ3) is 2.22. The van der Waals surface area contributed by atoms with E-state index in [4.69, 9.17) is 5.39 Å². The Labute approximate surface area is 118 Å². The molecule has 0 heterocycles. The fraction of sp³-hybridized carbons (Fsp3) is 0.500. The van der Waals surface area contributed by atoms with Gasteiger partial charge in [0.25, 0.3) is 0 Å². The van der Waals surface area contributed by atoms with Crippen LogP contribution in [0.2, 0.25) is 0 Å². The van der Waals surface area contributed by atoms with Crippen LogP contribution in [-0.4, -0.2) is 19.1 Å². The third-order valence-electron chi connectivity index (χ3n) is 3.99. The predicted octanol–water partition coefficient (Wildman–Crippen LogP) is 2.85. The van der Waals surface area contributed by atoms with Crippen LogP contribution in [0.3, 0.4) is 0 Å². The van der Waals surface area contributed by atoms with Crippen molar-refractivity contribution < 1.29 is 13.2 Å². The van der Waals surface area contributed by atoms with Crippen LogP contribution in [0.1, 0.15) is 37.7 Å². The van der Waals surface area contributed by atoms with Crippen LogP contribution in [0, 0.1) is 12.3 Å². The molecule has 0 spiro atoms. The molecule has 0 atom stereocenters. The molecule has 1 aliphatic rings. The zero-order chi connectivity index (χ0) is 14.8. The van der Waals surface area contributed by atoms with E-state index in [1.165, 1.54) is 12.1 Å². The molecule has 1 aromatic carbocycles. The molecule has 2 rings (SSSR count). The summed E-state index contributed by atoms with van der Waals surface area (Å²) in [5, 5.41) is 8.82. The molecule has 1 fully saturated rings. The van der Waals surface area contributed by atoms with Crippen molar-refractivity contribution in [1.82, 2.24) is 0 Å². The zero-order valence-electron chi connectivity index (χ0n) is 11.4. The van der Waals surface area contributed by atoms with Crippen LogP contribution in [0.25, 0.3) is 4.98 Å². The van der Waals surface area contributed by atoms with Gasteiger partial charge >= 0.3 is 5.91 Å². The van der Waals surface area contributed by atoms with Gasteiger partial charge in [-0.3, -0.25) is 0 Å². The number of diazo groups is 1. The topological polar surface area (TPSA) is 79.4 Å². The monoisotopic (exact) mass is 293 g/mol. The number of benzene rings is 1. The standard InChI is InChI=1S/C14H17N2O3S/c1-11-5-7-12(8-6-11)20(18,19)14(13(17)16-15)9-3-2-4-10-14/h5-8H,2-4,9-10H2,1H3/q+1. The second-order valence-electron chi connectivity index (χ2n) is 5.28. The first kappa shape index (κ1) is 14.7. The summed E-state index contributed by atoms with van der Waals surface area (Å²) >= 11 is 0. The number of aryl methyl sites for hydroxylation is 1. The minimum Gasteiger partial charge on any atom is -0.222 e. The van der Waals surface area contributed by atoms with Gasteiger partial charge in [-0.1, -0.05) is 37.0 Å². The highest BCUT2D eigenvalue weighted by Gasteiger charge is 2.59. The third-order valence-corrected chi connectivity index (χ3v) is 6.49. The van der Waals surface area contributed by atoms with Gasteiger partial charge in [-0.15, -0.1) is 0 Å². The van der Waals surface area contributed by atoms with Gasteiger partial charge in [-0.05, 0) is 31.9 Å². The lowest BCUT2D eigenvalue weighted by atomic mass is 9.88. The van der Waals surface area contributed by atoms with E-state index in [1.54, 1.807) is 12.1 Å². The van der Waals surface area contributed by atoms with Gasteiger partial charge in [0.1, 0.15) is 0 Å². The van der Waals surface area contributed by atoms with E-state index in [0.29, 0.717) is 12.8 Å². The Kier molecular flexibility index (Phi) is 3.91. The van der Waals surface area contributed by atoms with Crippen LogP contribution in [0.15, 0.2) is 29.2 Å². The number of amides is 1. The maximum absolute atomic E-state index is 12.8. The average molecular weight is 293 g/mol. The van der Waals surface area contributed by atoms with Gasteiger partial charge in [0.2, 0.25) is 15.1 Å². The molecule has 0 radical (unpaired) electrons. The first-order valence-electron chi connectivity index (χ1n) is 6.65. The van der Waals surface area contributed by atoms with Gasteiger partial charge in [0.15, 0.2) is 9.84 Å². The van der Waals surface area contributed by atoms with Gasteiger partial charge in [-0.2, -0.15) is 4.79 Å². The first-order chi connectivity index (χ1) is 9.44. The Morgan fingerprint density at radius 2 is 1.70 bits per heavy atom. The number of rotatable bonds is 3. The molecule has 0 bridgehead atoms. The highest BCUT2D eigenvalue weighted by molar-refractivity contribution is 7.93. The number of carbonyl (C=O) groups excluding carboxylic acids is 1. The van der Waals surface area contributed by atoms with E-state index in [0.717, 1.165) is 12.0 Å². The molecule has 20 heavy (non-hydrogen) atoms. The van der Waals surface area contributed by atoms with Crippen molar-refractivity contribution in [1.29, 1.82) is 5.39 Å². The Morgan fingerprint density at radius 1 is 1.15 bits per heavy atom. The van der Waals surface area contributed by atoms with E-state index in [1.807, 2.05) is 6.92 Å². The number of nitrogens with zero attached hydrogens (tertiary/aromatic N) is 2. The molecule has 1 amide bonds. The summed E-state index contributed by atoms with van der Waals surface area (Å²) in [5.74, 6) is -0.947. The number of hydrogen-bond acceptors (Lipinski definition) is 4. The van der Waals surface area contributed by atoms with Crippen LogP contribution in [0.4, 0.5) is 0 Å². The van der Waals surface area contributed by atoms with E-state index in [2.05, 4.69) is 4.98 Å². The Hall–Kier alpha value is -1.74. The normalized spacial score (nSPS) is 18.2. The van der Waals surface area contributed by atoms with E-state index >= 15 is 0 Å². The summed E-state index contributed by atoms with van der Waals surface area (Å²) < 4.78 is 24.1. The summed E-state index contributed by atoms with van der Waals surface area (Å²) in [7, 11) is -3.86. The van der Waals surface area contributed by atoms with Gasteiger partial charge in [0.05, 0.1) is 4.90 Å². The van der Waals surface area contributed by atoms with Crippen molar-refractivity contribution in [3.63, 3.8) is 0 Å². The quantitative estimate of drug-likeness (QED) is 0.803. The van der Waals surface area contributed by atoms with Crippen molar-refractivity contribution >= 4 is 15.7 Å². The Balaban J connectivity index is 2.55. The molecule has 0 saturated heterocycles. The lowest BCUT2D eigenvalue weighted by Crippen LogP contribution is -2.46. The molecule has 0 aromatic heterocycles. The molecule has 1 saturated carbocycles. The summed E-state index contributed by atoms with van der Waals surface area (Å²) in [6.45, 7) is 1.86. The summed E-state index contributed by atoms with van der Waals surface area (Å²) in [6, 6.07) is 6.41. The molecule has 6 heteroatoms. The second-order valence-corrected chi connectivity index (χ2v) is 7.54. The minimum atomic E-state index is -3.86. The van der Waals surface area contributed by atoms with Gasteiger partial charge in [0, 0.05) is 0 Å². The smallest absolute Gasteiger partial charge is 0.222 e. The number of sulfone groups is 1. The molecule has 0 N–H and O–H groups in total. The van der Waals surface area contributed by atoms with Gasteiger partial charge in [-0.25, -0.2) is 8.42 Å². The van der Waals surface area contributed by atoms with E-state index in [-0.39, 0.29) is 17.7 Å². The molecular formula is C14H17N2O3S+. The molecule has 106 valence electrons. The van der Waals surface area contributed by atoms with Crippen LogP contribution < -0.4 is 0 Å². The second kappa shape index (κ2) is 5.33. The number of carbonyl (C=O) groups is 1. The summed E-state index contributed by atoms with van der Waals surface area (Å²) in [4.78, 5) is 14.8. The Morgan fingerprint density at radius 3 is 2.20 bits per heavy atom. The highest BCUT2D eigenvalue weighted by atomic mass is 32.2. The molecule has 5 nitrogen and oxygen atoms in total. The highest BCUT2D eigenvalue weighted by Crippen LogP contribution is 2.40. The fourth-order valence-corrected chi connectivity index (χ4v) is 4.80. The molecule has 1 aliphatic carbocycles. The molecular weight excluding hydrogens is 276 g/mol. The van der Waals surface area contributed by atoms with Crippen molar-refractivity contribution in [2.24, 2.45) is 0 Å².